The molecule has 0 aliphatic rings. The van der Waals surface area contributed by atoms with Crippen molar-refractivity contribution < 1.29 is 7.48 Å². The standard InChI is InChI=1S/C15H14O/c1-16-15-11-9-14(10-12-15)8-7-13-5-3-2-4-6-13/h2-12H,1H3/b8-7-/i7D,8D. The van der Waals surface area contributed by atoms with Gasteiger partial charge in [-0.1, -0.05) is 54.6 Å². The number of hydrogen-bond acceptors (Lipinski definition) is 1. The Morgan fingerprint density at radius 3 is 2.00 bits per heavy atom. The molecular formula is C15H14O. The quantitative estimate of drug-likeness (QED) is 0.702. The summed E-state index contributed by atoms with van der Waals surface area (Å²) in [6.07, 6.45) is 0. The Morgan fingerprint density at radius 2 is 1.44 bits per heavy atom. The van der Waals surface area contributed by atoms with E-state index < -0.39 is 0 Å². The number of benzene rings is 2. The Balaban J connectivity index is 2.37. The fourth-order valence-electron chi connectivity index (χ4n) is 1.34. The van der Waals surface area contributed by atoms with E-state index in [0.717, 1.165) is 11.3 Å². The molecule has 0 spiro atoms. The summed E-state index contributed by atoms with van der Waals surface area (Å²) in [6.45, 7) is 0. The van der Waals surface area contributed by atoms with E-state index in [4.69, 9.17) is 7.48 Å². The molecular weight excluding hydrogens is 196 g/mol. The maximum absolute atomic E-state index is 8.04. The zero-order valence-electron chi connectivity index (χ0n) is 11.1. The molecule has 0 radical (unpaired) electrons. The third-order valence-corrected chi connectivity index (χ3v) is 2.21. The van der Waals surface area contributed by atoms with Gasteiger partial charge >= 0.3 is 0 Å². The van der Waals surface area contributed by atoms with Crippen molar-refractivity contribution >= 4 is 12.1 Å². The molecule has 0 unspecified atom stereocenters. The normalized spacial score (nSPS) is 13.6. The topological polar surface area (TPSA) is 9.23 Å². The lowest BCUT2D eigenvalue weighted by molar-refractivity contribution is 0.415. The predicted molar refractivity (Wildman–Crippen MR) is 68.4 cm³/mol. The minimum absolute atomic E-state index is 0.212. The summed E-state index contributed by atoms with van der Waals surface area (Å²) in [5.41, 5.74) is 1.46. The second-order valence-corrected chi connectivity index (χ2v) is 3.34. The van der Waals surface area contributed by atoms with Gasteiger partial charge in [0.25, 0.3) is 0 Å². The molecule has 0 aliphatic heterocycles. The Morgan fingerprint density at radius 1 is 0.875 bits per heavy atom. The highest BCUT2D eigenvalue weighted by Crippen LogP contribution is 2.13. The largest absolute Gasteiger partial charge is 0.497 e. The maximum atomic E-state index is 8.04. The van der Waals surface area contributed by atoms with E-state index in [9.17, 15) is 0 Å². The van der Waals surface area contributed by atoms with Crippen LogP contribution in [0.1, 0.15) is 13.9 Å². The second-order valence-electron chi connectivity index (χ2n) is 3.34. The lowest BCUT2D eigenvalue weighted by atomic mass is 10.1. The highest BCUT2D eigenvalue weighted by molar-refractivity contribution is 5.69. The van der Waals surface area contributed by atoms with Crippen molar-refractivity contribution in [1.29, 1.82) is 0 Å². The molecule has 16 heavy (non-hydrogen) atoms. The average molecular weight is 212 g/mol. The predicted octanol–water partition coefficient (Wildman–Crippen LogP) is 3.87. The van der Waals surface area contributed by atoms with Crippen LogP contribution < -0.4 is 4.74 Å². The van der Waals surface area contributed by atoms with Crippen molar-refractivity contribution in [3.8, 4) is 5.75 Å². The van der Waals surface area contributed by atoms with E-state index in [1.807, 2.05) is 30.3 Å². The summed E-state index contributed by atoms with van der Waals surface area (Å²) in [5, 5.41) is 0. The highest BCUT2D eigenvalue weighted by Gasteiger charge is 1.90. The monoisotopic (exact) mass is 212 g/mol. The first kappa shape index (κ1) is 8.17. The van der Waals surface area contributed by atoms with Gasteiger partial charge in [-0.25, -0.2) is 0 Å². The zero-order chi connectivity index (χ0) is 13.0. The van der Waals surface area contributed by atoms with E-state index >= 15 is 0 Å². The van der Waals surface area contributed by atoms with Crippen molar-refractivity contribution in [2.24, 2.45) is 0 Å². The van der Waals surface area contributed by atoms with Crippen LogP contribution in [0.3, 0.4) is 0 Å². The Labute approximate surface area is 98.8 Å². The van der Waals surface area contributed by atoms with Crippen LogP contribution >= 0.6 is 0 Å². The van der Waals surface area contributed by atoms with E-state index in [1.54, 1.807) is 31.4 Å². The molecule has 0 saturated heterocycles. The molecule has 0 atom stereocenters. The van der Waals surface area contributed by atoms with Gasteiger partial charge in [-0.3, -0.25) is 0 Å². The van der Waals surface area contributed by atoms with Gasteiger partial charge in [-0.05, 0) is 23.3 Å². The van der Waals surface area contributed by atoms with Crippen LogP contribution in [0.4, 0.5) is 0 Å². The number of ether oxygens (including phenoxy) is 1. The SMILES string of the molecule is [2H]/C(=C(\[2H])c1ccc(OC)cc1)c1ccccc1. The van der Waals surface area contributed by atoms with Crippen molar-refractivity contribution in [1.82, 2.24) is 0 Å². The smallest absolute Gasteiger partial charge is 0.118 e. The first-order chi connectivity index (χ1) is 8.72. The van der Waals surface area contributed by atoms with Gasteiger partial charge in [0, 0.05) is 0 Å². The molecule has 0 fully saturated rings. The number of methoxy groups -OCH3 is 1. The summed E-state index contributed by atoms with van der Waals surface area (Å²) < 4.78 is 21.1. The molecule has 1 heteroatoms. The maximum Gasteiger partial charge on any atom is 0.118 e. The molecule has 80 valence electrons. The highest BCUT2D eigenvalue weighted by atomic mass is 16.5. The minimum Gasteiger partial charge on any atom is -0.497 e. The number of rotatable bonds is 3. The summed E-state index contributed by atoms with van der Waals surface area (Å²) in [6, 6.07) is 16.9. The fraction of sp³-hybridized carbons (Fsp3) is 0.0667. The van der Waals surface area contributed by atoms with Crippen molar-refractivity contribution in [3.63, 3.8) is 0 Å². The van der Waals surface area contributed by atoms with E-state index in [0.29, 0.717) is 5.56 Å². The van der Waals surface area contributed by atoms with E-state index in [1.165, 1.54) is 0 Å². The van der Waals surface area contributed by atoms with Gasteiger partial charge in [0.05, 0.1) is 9.85 Å². The van der Waals surface area contributed by atoms with Gasteiger partial charge in [-0.15, -0.1) is 0 Å². The lowest BCUT2D eigenvalue weighted by Crippen LogP contribution is -1.81. The van der Waals surface area contributed by atoms with Crippen LogP contribution in [0.15, 0.2) is 54.6 Å². The second kappa shape index (κ2) is 5.17. The Kier molecular flexibility index (Phi) is 2.64. The molecule has 0 bridgehead atoms. The fourth-order valence-corrected chi connectivity index (χ4v) is 1.34. The Bertz CT molecular complexity index is 544. The van der Waals surface area contributed by atoms with Crippen LogP contribution in [-0.4, -0.2) is 7.11 Å². The summed E-state index contributed by atoms with van der Waals surface area (Å²) in [4.78, 5) is 0. The van der Waals surface area contributed by atoms with Crippen molar-refractivity contribution in [2.75, 3.05) is 7.11 Å². The molecule has 2 aromatic carbocycles. The molecule has 0 amide bonds. The third-order valence-electron chi connectivity index (χ3n) is 2.21. The van der Waals surface area contributed by atoms with Gasteiger partial charge in [0.2, 0.25) is 0 Å². The summed E-state index contributed by atoms with van der Waals surface area (Å²) >= 11 is 0. The van der Waals surface area contributed by atoms with Crippen LogP contribution in [0.25, 0.3) is 12.1 Å². The summed E-state index contributed by atoms with van der Waals surface area (Å²) in [7, 11) is 1.60. The first-order valence-corrected chi connectivity index (χ1v) is 5.09. The average Bonchev–Trinajstić information content (AvgIpc) is 2.47. The molecule has 1 nitrogen and oxygen atoms in total. The van der Waals surface area contributed by atoms with Crippen LogP contribution in [0, 0.1) is 0 Å². The van der Waals surface area contributed by atoms with E-state index in [-0.39, 0.29) is 12.1 Å². The van der Waals surface area contributed by atoms with Gasteiger partial charge in [0.15, 0.2) is 0 Å². The molecule has 0 aliphatic carbocycles. The van der Waals surface area contributed by atoms with Crippen LogP contribution in [0.5, 0.6) is 5.75 Å². The molecule has 0 heterocycles. The van der Waals surface area contributed by atoms with Crippen molar-refractivity contribution in [2.45, 2.75) is 0 Å². The summed E-state index contributed by atoms with van der Waals surface area (Å²) in [5.74, 6) is 0.748. The first-order valence-electron chi connectivity index (χ1n) is 6.09. The Hall–Kier alpha value is -2.02. The molecule has 0 aromatic heterocycles. The molecule has 0 saturated carbocycles. The van der Waals surface area contributed by atoms with Gasteiger partial charge < -0.3 is 4.74 Å². The van der Waals surface area contributed by atoms with Gasteiger partial charge in [0.1, 0.15) is 5.75 Å². The zero-order valence-corrected chi connectivity index (χ0v) is 9.10. The van der Waals surface area contributed by atoms with Crippen LogP contribution in [-0.2, 0) is 0 Å². The minimum atomic E-state index is 0.212. The van der Waals surface area contributed by atoms with Crippen LogP contribution in [0.2, 0.25) is 0 Å². The third kappa shape index (κ3) is 2.74. The van der Waals surface area contributed by atoms with E-state index in [2.05, 4.69) is 0 Å². The molecule has 0 N–H and O–H groups in total. The lowest BCUT2D eigenvalue weighted by Gasteiger charge is -1.99. The molecule has 2 aromatic rings. The van der Waals surface area contributed by atoms with Crippen molar-refractivity contribution in [3.05, 3.63) is 65.7 Å². The molecule has 2 rings (SSSR count). The van der Waals surface area contributed by atoms with Gasteiger partial charge in [-0.2, -0.15) is 0 Å². The number of hydrogen-bond donors (Lipinski definition) is 0.